The van der Waals surface area contributed by atoms with Gasteiger partial charge in [-0.05, 0) is 24.6 Å². The number of guanidine groups is 1. The zero-order valence-electron chi connectivity index (χ0n) is 11.2. The fourth-order valence-corrected chi connectivity index (χ4v) is 2.46. The average molecular weight is 371 g/mol. The third-order valence-corrected chi connectivity index (χ3v) is 4.07. The quantitative estimate of drug-likeness (QED) is 0.766. The van der Waals surface area contributed by atoms with E-state index in [0.717, 1.165) is 9.80 Å². The van der Waals surface area contributed by atoms with Gasteiger partial charge < -0.3 is 0 Å². The molecule has 2 aliphatic heterocycles. The first-order valence-corrected chi connectivity index (χ1v) is 6.99. The molecule has 2 aliphatic rings. The van der Waals surface area contributed by atoms with Crippen LogP contribution in [-0.4, -0.2) is 29.2 Å². The van der Waals surface area contributed by atoms with Gasteiger partial charge in [0.2, 0.25) is 11.9 Å². The molecule has 1 aromatic carbocycles. The van der Waals surface area contributed by atoms with E-state index in [0.29, 0.717) is 16.1 Å². The topological polar surface area (TPSA) is 65.0 Å². The maximum Gasteiger partial charge on any atom is 0.262 e. The number of amides is 2. The van der Waals surface area contributed by atoms with E-state index in [1.165, 1.54) is 12.1 Å². The number of hydrazone groups is 1. The summed E-state index contributed by atoms with van der Waals surface area (Å²) < 4.78 is 28.6. The summed E-state index contributed by atoms with van der Waals surface area (Å²) in [6, 6.07) is 2.64. The Morgan fingerprint density at radius 1 is 1.32 bits per heavy atom. The molecule has 0 unspecified atom stereocenters. The van der Waals surface area contributed by atoms with Crippen LogP contribution in [-0.2, 0) is 9.59 Å². The summed E-state index contributed by atoms with van der Waals surface area (Å²) in [7, 11) is 0. The number of carbonyl (C=O) groups is 2. The molecule has 2 amide bonds. The summed E-state index contributed by atoms with van der Waals surface area (Å²) >= 11 is 3.19. The first-order valence-electron chi connectivity index (χ1n) is 6.19. The zero-order chi connectivity index (χ0) is 16.0. The SMILES string of the molecule is Cc1cc(N2C(=O)C=C(F)N3CC(=O)NN=C32)c(F)cc1Br. The van der Waals surface area contributed by atoms with Gasteiger partial charge >= 0.3 is 0 Å². The smallest absolute Gasteiger partial charge is 0.262 e. The van der Waals surface area contributed by atoms with Crippen LogP contribution >= 0.6 is 15.9 Å². The van der Waals surface area contributed by atoms with Crippen LogP contribution < -0.4 is 10.3 Å². The number of hydrogen-bond donors (Lipinski definition) is 1. The lowest BCUT2D eigenvalue weighted by molar-refractivity contribution is -0.122. The molecular formula is C13H9BrF2N4O2. The van der Waals surface area contributed by atoms with Crippen molar-refractivity contribution in [1.29, 1.82) is 0 Å². The van der Waals surface area contributed by atoms with Crippen molar-refractivity contribution in [2.24, 2.45) is 5.10 Å². The molecule has 0 bridgehead atoms. The van der Waals surface area contributed by atoms with E-state index in [1.807, 2.05) is 0 Å². The average Bonchev–Trinajstić information content (AvgIpc) is 2.45. The van der Waals surface area contributed by atoms with Gasteiger partial charge in [-0.15, -0.1) is 5.10 Å². The van der Waals surface area contributed by atoms with Gasteiger partial charge in [0, 0.05) is 4.47 Å². The molecule has 0 saturated heterocycles. The van der Waals surface area contributed by atoms with Gasteiger partial charge in [0.25, 0.3) is 11.8 Å². The van der Waals surface area contributed by atoms with E-state index in [2.05, 4.69) is 26.5 Å². The Morgan fingerprint density at radius 3 is 2.77 bits per heavy atom. The van der Waals surface area contributed by atoms with E-state index >= 15 is 0 Å². The minimum atomic E-state index is -0.913. The minimum Gasteiger partial charge on any atom is -0.277 e. The fraction of sp³-hybridized carbons (Fsp3) is 0.154. The van der Waals surface area contributed by atoms with Crippen LogP contribution in [0.4, 0.5) is 14.5 Å². The standard InChI is InChI=1S/C13H9BrF2N4O2/c1-6-2-9(8(15)3-7(6)14)20-12(22)4-10(16)19-5-11(21)17-18-13(19)20/h2-4H,5H2,1H3,(H,17,21). The van der Waals surface area contributed by atoms with Gasteiger partial charge in [0.05, 0.1) is 11.8 Å². The van der Waals surface area contributed by atoms with Crippen LogP contribution in [0, 0.1) is 12.7 Å². The minimum absolute atomic E-state index is 0.0747. The highest BCUT2D eigenvalue weighted by atomic mass is 79.9. The first kappa shape index (κ1) is 14.6. The lowest BCUT2D eigenvalue weighted by atomic mass is 10.2. The number of rotatable bonds is 1. The Kier molecular flexibility index (Phi) is 3.44. The summed E-state index contributed by atoms with van der Waals surface area (Å²) in [5, 5.41) is 3.67. The van der Waals surface area contributed by atoms with Crippen molar-refractivity contribution in [2.75, 3.05) is 11.4 Å². The maximum atomic E-state index is 14.2. The number of aryl methyl sites for hydroxylation is 1. The number of nitrogens with one attached hydrogen (secondary N) is 1. The van der Waals surface area contributed by atoms with Crippen molar-refractivity contribution in [2.45, 2.75) is 6.92 Å². The van der Waals surface area contributed by atoms with E-state index in [4.69, 9.17) is 0 Å². The monoisotopic (exact) mass is 370 g/mol. The summed E-state index contributed by atoms with van der Waals surface area (Å²) in [6.07, 6.45) is 0.689. The molecule has 1 aromatic rings. The van der Waals surface area contributed by atoms with Crippen molar-refractivity contribution >= 4 is 39.4 Å². The van der Waals surface area contributed by atoms with E-state index in [-0.39, 0.29) is 18.2 Å². The molecule has 22 heavy (non-hydrogen) atoms. The van der Waals surface area contributed by atoms with Gasteiger partial charge in [-0.3, -0.25) is 14.5 Å². The molecule has 2 heterocycles. The molecule has 0 spiro atoms. The van der Waals surface area contributed by atoms with E-state index < -0.39 is 23.6 Å². The highest BCUT2D eigenvalue weighted by Crippen LogP contribution is 2.30. The molecule has 0 atom stereocenters. The maximum absolute atomic E-state index is 14.2. The van der Waals surface area contributed by atoms with Crippen LogP contribution in [0.3, 0.4) is 0 Å². The normalized spacial score (nSPS) is 17.8. The number of carbonyl (C=O) groups excluding carboxylic acids is 2. The first-order chi connectivity index (χ1) is 10.4. The van der Waals surface area contributed by atoms with Crippen LogP contribution in [0.1, 0.15) is 5.56 Å². The summed E-state index contributed by atoms with van der Waals surface area (Å²) in [4.78, 5) is 25.2. The Hall–Kier alpha value is -2.29. The molecule has 0 aliphatic carbocycles. The van der Waals surface area contributed by atoms with E-state index in [1.54, 1.807) is 6.92 Å². The van der Waals surface area contributed by atoms with Crippen molar-refractivity contribution in [3.63, 3.8) is 0 Å². The number of benzene rings is 1. The number of hydrogen-bond acceptors (Lipinski definition) is 4. The van der Waals surface area contributed by atoms with Crippen LogP contribution in [0.15, 0.2) is 33.7 Å². The molecular weight excluding hydrogens is 362 g/mol. The van der Waals surface area contributed by atoms with Gasteiger partial charge in [0.1, 0.15) is 12.4 Å². The second-order valence-electron chi connectivity index (χ2n) is 4.73. The molecule has 0 aromatic heterocycles. The van der Waals surface area contributed by atoms with Gasteiger partial charge in [-0.25, -0.2) is 14.7 Å². The van der Waals surface area contributed by atoms with Crippen LogP contribution in [0.2, 0.25) is 0 Å². The van der Waals surface area contributed by atoms with E-state index in [9.17, 15) is 18.4 Å². The lowest BCUT2D eigenvalue weighted by Gasteiger charge is -2.36. The Balaban J connectivity index is 2.15. The Morgan fingerprint density at radius 2 is 2.05 bits per heavy atom. The van der Waals surface area contributed by atoms with Crippen molar-refractivity contribution in [3.05, 3.63) is 40.0 Å². The molecule has 3 rings (SSSR count). The Labute approximate surface area is 132 Å². The number of anilines is 1. The largest absolute Gasteiger partial charge is 0.277 e. The summed E-state index contributed by atoms with van der Waals surface area (Å²) in [5.74, 6) is -3.10. The summed E-state index contributed by atoms with van der Waals surface area (Å²) in [5.41, 5.74) is 2.77. The second kappa shape index (κ2) is 5.16. The molecule has 0 fully saturated rings. The number of halogens is 3. The molecule has 0 saturated carbocycles. The lowest BCUT2D eigenvalue weighted by Crippen LogP contribution is -2.56. The van der Waals surface area contributed by atoms with Crippen LogP contribution in [0.25, 0.3) is 0 Å². The molecule has 114 valence electrons. The second-order valence-corrected chi connectivity index (χ2v) is 5.58. The van der Waals surface area contributed by atoms with Crippen LogP contribution in [0.5, 0.6) is 0 Å². The Bertz CT molecular complexity index is 763. The predicted molar refractivity (Wildman–Crippen MR) is 77.8 cm³/mol. The van der Waals surface area contributed by atoms with Crippen molar-refractivity contribution in [3.8, 4) is 0 Å². The van der Waals surface area contributed by atoms with Crippen molar-refractivity contribution < 1.29 is 18.4 Å². The fourth-order valence-electron chi connectivity index (χ4n) is 2.15. The molecule has 6 nitrogen and oxygen atoms in total. The van der Waals surface area contributed by atoms with Gasteiger partial charge in [-0.1, -0.05) is 15.9 Å². The highest BCUT2D eigenvalue weighted by Gasteiger charge is 2.37. The predicted octanol–water partition coefficient (Wildman–Crippen LogP) is 1.76. The third-order valence-electron chi connectivity index (χ3n) is 3.21. The van der Waals surface area contributed by atoms with Crippen molar-refractivity contribution in [1.82, 2.24) is 10.3 Å². The molecule has 1 N–H and O–H groups in total. The highest BCUT2D eigenvalue weighted by molar-refractivity contribution is 9.10. The molecule has 9 heteroatoms. The third kappa shape index (κ3) is 2.27. The molecule has 0 radical (unpaired) electrons. The number of fused-ring (bicyclic) bond motifs is 1. The van der Waals surface area contributed by atoms with Gasteiger partial charge in [0.15, 0.2) is 0 Å². The number of nitrogens with zero attached hydrogens (tertiary/aromatic N) is 3. The van der Waals surface area contributed by atoms with Gasteiger partial charge in [-0.2, -0.15) is 4.39 Å². The zero-order valence-corrected chi connectivity index (χ0v) is 12.8. The summed E-state index contributed by atoms with van der Waals surface area (Å²) in [6.45, 7) is 1.38.